The van der Waals surface area contributed by atoms with E-state index in [0.717, 1.165) is 39.1 Å². The van der Waals surface area contributed by atoms with Crippen molar-refractivity contribution < 1.29 is 9.53 Å². The molecule has 106 valence electrons. The van der Waals surface area contributed by atoms with E-state index >= 15 is 0 Å². The number of nitrogens with zero attached hydrogens (tertiary/aromatic N) is 2. The predicted octanol–water partition coefficient (Wildman–Crippen LogP) is 1.33. The van der Waals surface area contributed by atoms with Crippen LogP contribution >= 0.6 is 11.3 Å². The lowest BCUT2D eigenvalue weighted by Gasteiger charge is -2.34. The van der Waals surface area contributed by atoms with Crippen LogP contribution in [0.3, 0.4) is 0 Å². The normalized spacial score (nSPS) is 19.3. The standard InChI is InChI=1S/C14H22N2O2S/c1-15-5-7-16(8-6-15)11-12(14(17)18-2)10-13-4-3-9-19-13/h3-4,9,12H,5-8,10-11H2,1-2H3. The third kappa shape index (κ3) is 4.30. The van der Waals surface area contributed by atoms with Crippen LogP contribution in [0.4, 0.5) is 0 Å². The molecule has 1 unspecified atom stereocenters. The van der Waals surface area contributed by atoms with Crippen LogP contribution < -0.4 is 0 Å². The van der Waals surface area contributed by atoms with Crippen molar-refractivity contribution in [3.8, 4) is 0 Å². The molecule has 1 saturated heterocycles. The Balaban J connectivity index is 1.92. The van der Waals surface area contributed by atoms with Crippen LogP contribution in [-0.4, -0.2) is 62.7 Å². The molecule has 0 aliphatic carbocycles. The van der Waals surface area contributed by atoms with Crippen LogP contribution in [0.25, 0.3) is 0 Å². The largest absolute Gasteiger partial charge is 0.469 e. The van der Waals surface area contributed by atoms with E-state index in [0.29, 0.717) is 0 Å². The average Bonchev–Trinajstić information content (AvgIpc) is 2.92. The number of hydrogen-bond acceptors (Lipinski definition) is 5. The van der Waals surface area contributed by atoms with E-state index in [1.807, 2.05) is 6.07 Å². The second-order valence-corrected chi connectivity index (χ2v) is 6.14. The molecule has 0 amide bonds. The molecular weight excluding hydrogens is 260 g/mol. The van der Waals surface area contributed by atoms with Crippen LogP contribution in [0.5, 0.6) is 0 Å². The van der Waals surface area contributed by atoms with E-state index in [4.69, 9.17) is 4.74 Å². The first-order valence-corrected chi connectivity index (χ1v) is 7.58. The summed E-state index contributed by atoms with van der Waals surface area (Å²) in [6.45, 7) is 5.03. The van der Waals surface area contributed by atoms with Gasteiger partial charge in [0.25, 0.3) is 0 Å². The van der Waals surface area contributed by atoms with E-state index < -0.39 is 0 Å². The maximum absolute atomic E-state index is 11.9. The fourth-order valence-corrected chi connectivity index (χ4v) is 3.19. The Morgan fingerprint density at radius 2 is 2.16 bits per heavy atom. The summed E-state index contributed by atoms with van der Waals surface area (Å²) in [6.07, 6.45) is 0.788. The summed E-state index contributed by atoms with van der Waals surface area (Å²) in [7, 11) is 3.62. The number of likely N-dealkylation sites (N-methyl/N-ethyl adjacent to an activating group) is 1. The van der Waals surface area contributed by atoms with E-state index in [2.05, 4.69) is 28.3 Å². The molecule has 19 heavy (non-hydrogen) atoms. The lowest BCUT2D eigenvalue weighted by atomic mass is 10.0. The zero-order valence-electron chi connectivity index (χ0n) is 11.7. The molecule has 1 aliphatic rings. The van der Waals surface area contributed by atoms with Crippen molar-refractivity contribution in [1.82, 2.24) is 9.80 Å². The van der Waals surface area contributed by atoms with Gasteiger partial charge in [0, 0.05) is 37.6 Å². The number of piperazine rings is 1. The highest BCUT2D eigenvalue weighted by Gasteiger charge is 2.24. The maximum Gasteiger partial charge on any atom is 0.310 e. The number of rotatable bonds is 5. The molecule has 2 heterocycles. The molecule has 0 N–H and O–H groups in total. The van der Waals surface area contributed by atoms with Crippen molar-refractivity contribution in [1.29, 1.82) is 0 Å². The van der Waals surface area contributed by atoms with Gasteiger partial charge in [-0.15, -0.1) is 11.3 Å². The van der Waals surface area contributed by atoms with E-state index in [9.17, 15) is 4.79 Å². The molecule has 1 aliphatic heterocycles. The van der Waals surface area contributed by atoms with E-state index in [-0.39, 0.29) is 11.9 Å². The smallest absolute Gasteiger partial charge is 0.310 e. The van der Waals surface area contributed by atoms with Gasteiger partial charge in [0.1, 0.15) is 0 Å². The molecule has 0 spiro atoms. The summed E-state index contributed by atoms with van der Waals surface area (Å²) >= 11 is 1.71. The summed E-state index contributed by atoms with van der Waals surface area (Å²) in [6, 6.07) is 4.12. The number of methoxy groups -OCH3 is 1. The molecule has 1 aromatic rings. The van der Waals surface area contributed by atoms with Gasteiger partial charge in [-0.05, 0) is 24.9 Å². The van der Waals surface area contributed by atoms with Gasteiger partial charge in [0.15, 0.2) is 0 Å². The Kier molecular flexibility index (Phi) is 5.36. The summed E-state index contributed by atoms with van der Waals surface area (Å²) < 4.78 is 4.95. The van der Waals surface area contributed by atoms with Gasteiger partial charge in [0.05, 0.1) is 13.0 Å². The highest BCUT2D eigenvalue weighted by molar-refractivity contribution is 7.09. The van der Waals surface area contributed by atoms with Crippen LogP contribution in [0, 0.1) is 5.92 Å². The number of carbonyl (C=O) groups excluding carboxylic acids is 1. The molecule has 0 aromatic carbocycles. The van der Waals surface area contributed by atoms with Gasteiger partial charge in [0.2, 0.25) is 0 Å². The van der Waals surface area contributed by atoms with E-state index in [1.165, 1.54) is 12.0 Å². The zero-order valence-corrected chi connectivity index (χ0v) is 12.5. The Hall–Kier alpha value is -0.910. The molecular formula is C14H22N2O2S. The number of thiophene rings is 1. The topological polar surface area (TPSA) is 32.8 Å². The quantitative estimate of drug-likeness (QED) is 0.763. The minimum atomic E-state index is -0.0904. The Bertz CT molecular complexity index is 386. The van der Waals surface area contributed by atoms with E-state index in [1.54, 1.807) is 11.3 Å². The predicted molar refractivity (Wildman–Crippen MR) is 77.5 cm³/mol. The summed E-state index contributed by atoms with van der Waals surface area (Å²) in [5.41, 5.74) is 0. The van der Waals surface area contributed by atoms with Crippen LogP contribution in [-0.2, 0) is 16.0 Å². The van der Waals surface area contributed by atoms with Crippen molar-refractivity contribution in [2.24, 2.45) is 5.92 Å². The van der Waals surface area contributed by atoms with Crippen molar-refractivity contribution >= 4 is 17.3 Å². The first-order chi connectivity index (χ1) is 9.19. The molecule has 0 radical (unpaired) electrons. The molecule has 5 heteroatoms. The van der Waals surface area contributed by atoms with Gasteiger partial charge in [-0.3, -0.25) is 9.69 Å². The summed E-state index contributed by atoms with van der Waals surface area (Å²) in [5.74, 6) is -0.139. The minimum absolute atomic E-state index is 0.0490. The molecule has 0 bridgehead atoms. The highest BCUT2D eigenvalue weighted by atomic mass is 32.1. The highest BCUT2D eigenvalue weighted by Crippen LogP contribution is 2.17. The molecule has 0 saturated carbocycles. The minimum Gasteiger partial charge on any atom is -0.469 e. The van der Waals surface area contributed by atoms with Gasteiger partial charge in [-0.1, -0.05) is 6.07 Å². The Labute approximate surface area is 119 Å². The Morgan fingerprint density at radius 1 is 1.42 bits per heavy atom. The molecule has 1 fully saturated rings. The molecule has 1 atom stereocenters. The lowest BCUT2D eigenvalue weighted by Crippen LogP contribution is -2.47. The van der Waals surface area contributed by atoms with Gasteiger partial charge in [-0.25, -0.2) is 0 Å². The first-order valence-electron chi connectivity index (χ1n) is 6.70. The number of hydrogen-bond donors (Lipinski definition) is 0. The second kappa shape index (κ2) is 7.03. The first kappa shape index (κ1) is 14.5. The number of carbonyl (C=O) groups is 1. The van der Waals surface area contributed by atoms with Gasteiger partial charge in [-0.2, -0.15) is 0 Å². The fraction of sp³-hybridized carbons (Fsp3) is 0.643. The summed E-state index contributed by atoms with van der Waals surface area (Å²) in [5, 5.41) is 2.06. The van der Waals surface area contributed by atoms with Gasteiger partial charge < -0.3 is 9.64 Å². The van der Waals surface area contributed by atoms with Crippen molar-refractivity contribution in [3.63, 3.8) is 0 Å². The number of ether oxygens (including phenoxy) is 1. The van der Waals surface area contributed by atoms with Crippen LogP contribution in [0.1, 0.15) is 4.88 Å². The van der Waals surface area contributed by atoms with Crippen LogP contribution in [0.2, 0.25) is 0 Å². The van der Waals surface area contributed by atoms with Crippen molar-refractivity contribution in [2.75, 3.05) is 46.9 Å². The fourth-order valence-electron chi connectivity index (χ4n) is 2.40. The monoisotopic (exact) mass is 282 g/mol. The van der Waals surface area contributed by atoms with Crippen LogP contribution in [0.15, 0.2) is 17.5 Å². The van der Waals surface area contributed by atoms with Gasteiger partial charge >= 0.3 is 5.97 Å². The summed E-state index contributed by atoms with van der Waals surface area (Å²) in [4.78, 5) is 17.9. The zero-order chi connectivity index (χ0) is 13.7. The SMILES string of the molecule is COC(=O)C(Cc1cccs1)CN1CCN(C)CC1. The maximum atomic E-state index is 11.9. The van der Waals surface area contributed by atoms with Crippen molar-refractivity contribution in [2.45, 2.75) is 6.42 Å². The third-order valence-corrected chi connectivity index (χ3v) is 4.54. The number of esters is 1. The lowest BCUT2D eigenvalue weighted by molar-refractivity contribution is -0.146. The molecule has 4 nitrogen and oxygen atoms in total. The average molecular weight is 282 g/mol. The Morgan fingerprint density at radius 3 is 2.74 bits per heavy atom. The molecule has 1 aromatic heterocycles. The third-order valence-electron chi connectivity index (χ3n) is 3.64. The molecule has 2 rings (SSSR count). The second-order valence-electron chi connectivity index (χ2n) is 5.11. The van der Waals surface area contributed by atoms with Crippen molar-refractivity contribution in [3.05, 3.63) is 22.4 Å².